The van der Waals surface area contributed by atoms with E-state index in [0.717, 1.165) is 6.54 Å². The summed E-state index contributed by atoms with van der Waals surface area (Å²) < 4.78 is 5.09. The lowest BCUT2D eigenvalue weighted by atomic mass is 10.2. The van der Waals surface area contributed by atoms with Gasteiger partial charge in [-0.1, -0.05) is 6.92 Å². The van der Waals surface area contributed by atoms with Gasteiger partial charge in [-0.15, -0.1) is 0 Å². The summed E-state index contributed by atoms with van der Waals surface area (Å²) in [5.41, 5.74) is 0. The number of likely N-dealkylation sites (N-methyl/N-ethyl adjacent to an activating group) is 2. The van der Waals surface area contributed by atoms with Gasteiger partial charge < -0.3 is 19.9 Å². The van der Waals surface area contributed by atoms with Crippen LogP contribution >= 0.6 is 0 Å². The van der Waals surface area contributed by atoms with Crippen LogP contribution in [0.5, 0.6) is 0 Å². The average Bonchev–Trinajstić information content (AvgIpc) is 2.26. The maximum absolute atomic E-state index is 11.8. The van der Waals surface area contributed by atoms with E-state index in [-0.39, 0.29) is 30.9 Å². The highest BCUT2D eigenvalue weighted by molar-refractivity contribution is 5.92. The molecule has 98 valence electrons. The minimum absolute atomic E-state index is 0.00824. The van der Waals surface area contributed by atoms with Crippen molar-refractivity contribution in [3.8, 4) is 0 Å². The number of carbonyl (C=O) groups is 2. The molecule has 1 aliphatic rings. The molecule has 0 aliphatic carbocycles. The Balaban J connectivity index is 2.53. The van der Waals surface area contributed by atoms with Gasteiger partial charge >= 0.3 is 0 Å². The van der Waals surface area contributed by atoms with Gasteiger partial charge in [-0.3, -0.25) is 9.59 Å². The number of methoxy groups -OCH3 is 1. The third-order valence-electron chi connectivity index (χ3n) is 2.78. The van der Waals surface area contributed by atoms with Crippen LogP contribution in [0, 0.1) is 0 Å². The monoisotopic (exact) mass is 243 g/mol. The number of piperazine rings is 1. The fourth-order valence-corrected chi connectivity index (χ4v) is 1.86. The molecule has 0 aromatic rings. The number of carbonyl (C=O) groups excluding carboxylic acids is 2. The van der Waals surface area contributed by atoms with E-state index in [9.17, 15) is 9.59 Å². The minimum atomic E-state index is -0.0164. The zero-order valence-corrected chi connectivity index (χ0v) is 10.7. The number of hydrogen-bond donors (Lipinski definition) is 1. The van der Waals surface area contributed by atoms with Gasteiger partial charge in [0, 0.05) is 26.7 Å². The summed E-state index contributed by atoms with van der Waals surface area (Å²) in [5, 5.41) is 3.23. The van der Waals surface area contributed by atoms with Crippen molar-refractivity contribution in [3.05, 3.63) is 0 Å². The first kappa shape index (κ1) is 13.9. The molecule has 1 atom stereocenters. The summed E-state index contributed by atoms with van der Waals surface area (Å²) in [4.78, 5) is 26.3. The number of nitrogens with one attached hydrogen (secondary N) is 1. The molecule has 0 aromatic heterocycles. The molecule has 0 spiro atoms. The molecule has 6 heteroatoms. The summed E-state index contributed by atoms with van der Waals surface area (Å²) >= 11 is 0. The molecule has 1 unspecified atom stereocenters. The highest BCUT2D eigenvalue weighted by Crippen LogP contribution is 2.04. The Hall–Kier alpha value is -1.14. The Morgan fingerprint density at radius 1 is 1.35 bits per heavy atom. The molecule has 6 nitrogen and oxygen atoms in total. The van der Waals surface area contributed by atoms with Crippen molar-refractivity contribution in [3.63, 3.8) is 0 Å². The molecule has 1 aliphatic heterocycles. The van der Waals surface area contributed by atoms with Crippen LogP contribution in [-0.2, 0) is 14.3 Å². The summed E-state index contributed by atoms with van der Waals surface area (Å²) in [6.07, 6.45) is 0. The van der Waals surface area contributed by atoms with Gasteiger partial charge in [0.2, 0.25) is 11.8 Å². The number of hydrogen-bond acceptors (Lipinski definition) is 4. The third kappa shape index (κ3) is 3.98. The lowest BCUT2D eigenvalue weighted by Crippen LogP contribution is -2.56. The van der Waals surface area contributed by atoms with Gasteiger partial charge in [0.1, 0.15) is 0 Å². The molecule has 2 amide bonds. The highest BCUT2D eigenvalue weighted by Gasteiger charge is 2.28. The lowest BCUT2D eigenvalue weighted by Gasteiger charge is -2.34. The normalized spacial score (nSPS) is 18.8. The second-order valence-electron chi connectivity index (χ2n) is 4.23. The number of nitrogens with zero attached hydrogens (tertiary/aromatic N) is 2. The van der Waals surface area contributed by atoms with E-state index in [4.69, 9.17) is 4.74 Å². The highest BCUT2D eigenvalue weighted by atomic mass is 16.5. The summed E-state index contributed by atoms with van der Waals surface area (Å²) in [7, 11) is 3.27. The minimum Gasteiger partial charge on any atom is -0.383 e. The summed E-state index contributed by atoms with van der Waals surface area (Å²) in [6.45, 7) is 4.19. The molecule has 1 fully saturated rings. The molecule has 0 aromatic carbocycles. The van der Waals surface area contributed by atoms with E-state index >= 15 is 0 Å². The number of ether oxygens (including phenoxy) is 1. The van der Waals surface area contributed by atoms with Crippen LogP contribution in [0.1, 0.15) is 6.92 Å². The molecular formula is C11H21N3O3. The summed E-state index contributed by atoms with van der Waals surface area (Å²) in [6, 6.07) is 0.0742. The fraction of sp³-hybridized carbons (Fsp3) is 0.818. The van der Waals surface area contributed by atoms with Crippen LogP contribution in [0.4, 0.5) is 0 Å². The van der Waals surface area contributed by atoms with Gasteiger partial charge in [0.25, 0.3) is 0 Å². The number of rotatable bonds is 6. The third-order valence-corrected chi connectivity index (χ3v) is 2.78. The zero-order valence-electron chi connectivity index (χ0n) is 10.7. The van der Waals surface area contributed by atoms with Crippen LogP contribution in [0.25, 0.3) is 0 Å². The lowest BCUT2D eigenvalue weighted by molar-refractivity contribution is -0.149. The van der Waals surface area contributed by atoms with Crippen LogP contribution in [-0.4, -0.2) is 74.6 Å². The van der Waals surface area contributed by atoms with Crippen molar-refractivity contribution < 1.29 is 14.3 Å². The quantitative estimate of drug-likeness (QED) is 0.644. The van der Waals surface area contributed by atoms with E-state index in [0.29, 0.717) is 13.2 Å². The smallest absolute Gasteiger partial charge is 0.242 e. The van der Waals surface area contributed by atoms with E-state index in [1.54, 1.807) is 19.1 Å². The van der Waals surface area contributed by atoms with E-state index in [1.165, 1.54) is 4.90 Å². The van der Waals surface area contributed by atoms with Gasteiger partial charge in [-0.25, -0.2) is 0 Å². The van der Waals surface area contributed by atoms with Gasteiger partial charge in [-0.05, 0) is 6.54 Å². The molecule has 1 heterocycles. The topological polar surface area (TPSA) is 61.9 Å². The Morgan fingerprint density at radius 2 is 2.06 bits per heavy atom. The Morgan fingerprint density at radius 3 is 2.65 bits per heavy atom. The molecule has 1 rings (SSSR count). The molecule has 1 N–H and O–H groups in total. The molecule has 0 saturated carbocycles. The SMILES string of the molecule is CCNC(COC)CN1CC(=O)N(C)CC1=O. The largest absolute Gasteiger partial charge is 0.383 e. The predicted molar refractivity (Wildman–Crippen MR) is 63.6 cm³/mol. The maximum Gasteiger partial charge on any atom is 0.242 e. The molecule has 0 bridgehead atoms. The first-order valence-corrected chi connectivity index (χ1v) is 5.82. The first-order valence-electron chi connectivity index (χ1n) is 5.82. The van der Waals surface area contributed by atoms with Crippen LogP contribution in [0.3, 0.4) is 0 Å². The second kappa shape index (κ2) is 6.56. The van der Waals surface area contributed by atoms with Crippen molar-refractivity contribution in [2.75, 3.05) is 46.9 Å². The molecule has 17 heavy (non-hydrogen) atoms. The van der Waals surface area contributed by atoms with Crippen LogP contribution in [0.15, 0.2) is 0 Å². The van der Waals surface area contributed by atoms with Gasteiger partial charge in [0.05, 0.1) is 19.7 Å². The van der Waals surface area contributed by atoms with Crippen molar-refractivity contribution >= 4 is 11.8 Å². The van der Waals surface area contributed by atoms with Crippen molar-refractivity contribution in [2.45, 2.75) is 13.0 Å². The fourth-order valence-electron chi connectivity index (χ4n) is 1.86. The second-order valence-corrected chi connectivity index (χ2v) is 4.23. The van der Waals surface area contributed by atoms with Gasteiger partial charge in [0.15, 0.2) is 0 Å². The Labute approximate surface area is 102 Å². The zero-order chi connectivity index (χ0) is 12.8. The predicted octanol–water partition coefficient (Wildman–Crippen LogP) is -1.09. The molecule has 0 radical (unpaired) electrons. The first-order chi connectivity index (χ1) is 8.08. The van der Waals surface area contributed by atoms with E-state index in [2.05, 4.69) is 5.32 Å². The van der Waals surface area contributed by atoms with E-state index < -0.39 is 0 Å². The number of amides is 2. The van der Waals surface area contributed by atoms with Crippen LogP contribution in [0.2, 0.25) is 0 Å². The standard InChI is InChI=1S/C11H21N3O3/c1-4-12-9(8-17-3)5-14-7-10(15)13(2)6-11(14)16/h9,12H,4-8H2,1-3H3. The average molecular weight is 243 g/mol. The Bertz CT molecular complexity index is 277. The van der Waals surface area contributed by atoms with Crippen LogP contribution < -0.4 is 5.32 Å². The summed E-state index contributed by atoms with van der Waals surface area (Å²) in [5.74, 6) is -0.0247. The van der Waals surface area contributed by atoms with Gasteiger partial charge in [-0.2, -0.15) is 0 Å². The van der Waals surface area contributed by atoms with Crippen molar-refractivity contribution in [1.82, 2.24) is 15.1 Å². The van der Waals surface area contributed by atoms with E-state index in [1.807, 2.05) is 6.92 Å². The van der Waals surface area contributed by atoms with Crippen molar-refractivity contribution in [2.24, 2.45) is 0 Å². The maximum atomic E-state index is 11.8. The molecular weight excluding hydrogens is 222 g/mol. The molecule has 1 saturated heterocycles. The Kier molecular flexibility index (Phi) is 5.37. The van der Waals surface area contributed by atoms with Crippen molar-refractivity contribution in [1.29, 1.82) is 0 Å².